The summed E-state index contributed by atoms with van der Waals surface area (Å²) in [6.45, 7) is 0.871. The first kappa shape index (κ1) is 21.1. The van der Waals surface area contributed by atoms with E-state index in [0.29, 0.717) is 0 Å². The molecule has 0 aliphatic carbocycles. The molecule has 0 spiro atoms. The van der Waals surface area contributed by atoms with Crippen LogP contribution in [0.4, 0.5) is 22.4 Å². The summed E-state index contributed by atoms with van der Waals surface area (Å²) in [5.74, 6) is -1.41. The molecule has 1 unspecified atom stereocenters. The van der Waals surface area contributed by atoms with Crippen molar-refractivity contribution in [2.24, 2.45) is 0 Å². The van der Waals surface area contributed by atoms with Gasteiger partial charge < -0.3 is 20.2 Å². The fraction of sp³-hybridized carbons (Fsp3) is 0.375. The lowest BCUT2D eigenvalue weighted by atomic mass is 10.00. The Morgan fingerprint density at radius 3 is 2.57 bits per heavy atom. The van der Waals surface area contributed by atoms with Crippen LogP contribution in [0.2, 0.25) is 0 Å². The molecule has 1 atom stereocenters. The molecule has 0 saturated carbocycles. The fourth-order valence-corrected chi connectivity index (χ4v) is 2.35. The monoisotopic (exact) mass is 404 g/mol. The number of benzene rings is 1. The van der Waals surface area contributed by atoms with Crippen LogP contribution >= 0.6 is 0 Å². The van der Waals surface area contributed by atoms with Gasteiger partial charge in [0.05, 0.1) is 18.9 Å². The van der Waals surface area contributed by atoms with Crippen molar-refractivity contribution in [3.05, 3.63) is 46.9 Å². The minimum atomic E-state index is -4.43. The molecule has 0 bridgehead atoms. The van der Waals surface area contributed by atoms with Crippen molar-refractivity contribution < 1.29 is 36.7 Å². The molecule has 3 N–H and O–H groups in total. The summed E-state index contributed by atoms with van der Waals surface area (Å²) in [6, 6.07) is 1.89. The normalized spacial score (nSPS) is 12.5. The van der Waals surface area contributed by atoms with Crippen molar-refractivity contribution in [1.29, 1.82) is 0 Å². The highest BCUT2D eigenvalue weighted by atomic mass is 19.4. The molecule has 0 aliphatic rings. The van der Waals surface area contributed by atoms with Crippen LogP contribution in [0, 0.1) is 12.7 Å². The molecule has 0 saturated heterocycles. The highest BCUT2D eigenvalue weighted by Crippen LogP contribution is 2.23. The number of halogens is 4. The topological polar surface area (TPSA) is 117 Å². The van der Waals surface area contributed by atoms with E-state index in [4.69, 9.17) is 9.52 Å². The lowest BCUT2D eigenvalue weighted by Crippen LogP contribution is -2.30. The van der Waals surface area contributed by atoms with Crippen molar-refractivity contribution in [2.45, 2.75) is 32.0 Å². The fourth-order valence-electron chi connectivity index (χ4n) is 2.35. The Morgan fingerprint density at radius 2 is 2.00 bits per heavy atom. The lowest BCUT2D eigenvalue weighted by Gasteiger charge is -2.17. The van der Waals surface area contributed by atoms with Gasteiger partial charge in [-0.25, -0.2) is 9.18 Å². The number of aryl methyl sites for hydroxylation is 1. The van der Waals surface area contributed by atoms with Crippen molar-refractivity contribution in [2.75, 3.05) is 6.54 Å². The lowest BCUT2D eigenvalue weighted by molar-refractivity contribution is -0.133. The first-order valence-corrected chi connectivity index (χ1v) is 7.98. The molecule has 8 nitrogen and oxygen atoms in total. The second-order valence-corrected chi connectivity index (χ2v) is 5.78. The molecule has 152 valence electrons. The van der Waals surface area contributed by atoms with Crippen LogP contribution < -0.4 is 10.6 Å². The molecule has 1 heterocycles. The first-order chi connectivity index (χ1) is 13.0. The Hall–Kier alpha value is -3.18. The maximum Gasteiger partial charge on any atom is 0.405 e. The third-order valence-corrected chi connectivity index (χ3v) is 3.57. The standard InChI is InChI=1S/C16H16F4N4O4/c1-8-23-24-13(28-8)7-12(22-15(26)27)10-6-9(2-3-11(10)17)14(25)21-5-4-16(18,19)20/h2-3,6,12,22H,4-5,7H2,1H3,(H,21,25)(H,26,27). The van der Waals surface area contributed by atoms with Crippen LogP contribution in [0.5, 0.6) is 0 Å². The van der Waals surface area contributed by atoms with Gasteiger partial charge in [-0.15, -0.1) is 10.2 Å². The number of carbonyl (C=O) groups excluding carboxylic acids is 1. The molecule has 28 heavy (non-hydrogen) atoms. The largest absolute Gasteiger partial charge is 0.465 e. The number of hydrogen-bond donors (Lipinski definition) is 3. The van der Waals surface area contributed by atoms with Crippen LogP contribution in [0.15, 0.2) is 22.6 Å². The smallest absolute Gasteiger partial charge is 0.405 e. The van der Waals surface area contributed by atoms with E-state index >= 15 is 0 Å². The zero-order chi connectivity index (χ0) is 20.9. The predicted octanol–water partition coefficient (Wildman–Crippen LogP) is 2.75. The minimum Gasteiger partial charge on any atom is -0.465 e. The molecule has 1 aromatic heterocycles. The number of nitrogens with one attached hydrogen (secondary N) is 2. The van der Waals surface area contributed by atoms with Crippen molar-refractivity contribution in [1.82, 2.24) is 20.8 Å². The number of carbonyl (C=O) groups is 2. The summed E-state index contributed by atoms with van der Waals surface area (Å²) in [6.07, 6.45) is -7.30. The zero-order valence-corrected chi connectivity index (χ0v) is 14.5. The van der Waals surface area contributed by atoms with Gasteiger partial charge in [0.2, 0.25) is 11.8 Å². The van der Waals surface area contributed by atoms with Gasteiger partial charge in [0.25, 0.3) is 5.91 Å². The molecule has 2 rings (SSSR count). The second-order valence-electron chi connectivity index (χ2n) is 5.78. The minimum absolute atomic E-state index is 0.0377. The van der Waals surface area contributed by atoms with E-state index in [1.807, 2.05) is 0 Å². The zero-order valence-electron chi connectivity index (χ0n) is 14.5. The van der Waals surface area contributed by atoms with Crippen molar-refractivity contribution >= 4 is 12.0 Å². The summed E-state index contributed by atoms with van der Waals surface area (Å²) in [7, 11) is 0. The number of aromatic nitrogens is 2. The van der Waals surface area contributed by atoms with Gasteiger partial charge in [-0.1, -0.05) is 0 Å². The van der Waals surface area contributed by atoms with Gasteiger partial charge in [-0.05, 0) is 18.2 Å². The Morgan fingerprint density at radius 1 is 1.29 bits per heavy atom. The molecule has 2 aromatic rings. The maximum atomic E-state index is 14.3. The summed E-state index contributed by atoms with van der Waals surface area (Å²) in [4.78, 5) is 23.1. The van der Waals surface area contributed by atoms with Gasteiger partial charge in [0.1, 0.15) is 5.82 Å². The first-order valence-electron chi connectivity index (χ1n) is 7.98. The van der Waals surface area contributed by atoms with Crippen LogP contribution in [-0.4, -0.2) is 40.0 Å². The summed E-state index contributed by atoms with van der Waals surface area (Å²) >= 11 is 0. The number of hydrogen-bond acceptors (Lipinski definition) is 5. The summed E-state index contributed by atoms with van der Waals surface area (Å²) in [5.41, 5.74) is -0.320. The molecular weight excluding hydrogens is 388 g/mol. The van der Waals surface area contributed by atoms with E-state index < -0.39 is 43.0 Å². The van der Waals surface area contributed by atoms with Crippen LogP contribution in [-0.2, 0) is 6.42 Å². The molecule has 0 aliphatic heterocycles. The second kappa shape index (κ2) is 8.67. The number of nitrogens with zero attached hydrogens (tertiary/aromatic N) is 2. The van der Waals surface area contributed by atoms with E-state index in [1.54, 1.807) is 0 Å². The molecular formula is C16H16F4N4O4. The molecule has 0 radical (unpaired) electrons. The van der Waals surface area contributed by atoms with Gasteiger partial charge >= 0.3 is 12.3 Å². The van der Waals surface area contributed by atoms with Gasteiger partial charge in [-0.3, -0.25) is 4.79 Å². The Labute approximate surface area is 155 Å². The predicted molar refractivity (Wildman–Crippen MR) is 86.0 cm³/mol. The molecule has 2 amide bonds. The highest BCUT2D eigenvalue weighted by Gasteiger charge is 2.27. The van der Waals surface area contributed by atoms with Gasteiger partial charge in [0, 0.05) is 24.6 Å². The van der Waals surface area contributed by atoms with Crippen LogP contribution in [0.3, 0.4) is 0 Å². The van der Waals surface area contributed by atoms with E-state index in [9.17, 15) is 27.2 Å². The number of rotatable bonds is 7. The van der Waals surface area contributed by atoms with Crippen LogP contribution in [0.25, 0.3) is 0 Å². The number of alkyl halides is 3. The van der Waals surface area contributed by atoms with E-state index in [-0.39, 0.29) is 29.3 Å². The quantitative estimate of drug-likeness (QED) is 0.611. The number of carboxylic acid groups (broad SMARTS) is 1. The summed E-state index contributed by atoms with van der Waals surface area (Å²) < 4.78 is 56.0. The Bertz CT molecular complexity index is 853. The number of amides is 2. The average Bonchev–Trinajstić information content (AvgIpc) is 2.98. The third-order valence-electron chi connectivity index (χ3n) is 3.57. The van der Waals surface area contributed by atoms with Gasteiger partial charge in [0.15, 0.2) is 0 Å². The Balaban J connectivity index is 2.21. The van der Waals surface area contributed by atoms with E-state index in [2.05, 4.69) is 20.8 Å². The average molecular weight is 404 g/mol. The van der Waals surface area contributed by atoms with Crippen molar-refractivity contribution in [3.63, 3.8) is 0 Å². The molecule has 0 fully saturated rings. The van der Waals surface area contributed by atoms with E-state index in [0.717, 1.165) is 18.2 Å². The SMILES string of the molecule is Cc1nnc(CC(NC(=O)O)c2cc(C(=O)NCCC(F)(F)F)ccc2F)o1. The molecule has 12 heteroatoms. The summed E-state index contributed by atoms with van der Waals surface area (Å²) in [5, 5.41) is 20.5. The van der Waals surface area contributed by atoms with Crippen LogP contribution in [0.1, 0.15) is 40.2 Å². The highest BCUT2D eigenvalue weighted by molar-refractivity contribution is 5.94. The maximum absolute atomic E-state index is 14.3. The van der Waals surface area contributed by atoms with Crippen molar-refractivity contribution in [3.8, 4) is 0 Å². The third kappa shape index (κ3) is 6.21. The molecule has 1 aromatic carbocycles. The Kier molecular flexibility index (Phi) is 6.54. The van der Waals surface area contributed by atoms with Gasteiger partial charge in [-0.2, -0.15) is 13.2 Å². The van der Waals surface area contributed by atoms with E-state index in [1.165, 1.54) is 6.92 Å².